The van der Waals surface area contributed by atoms with Crippen LogP contribution in [-0.2, 0) is 16.0 Å². The van der Waals surface area contributed by atoms with Crippen LogP contribution < -0.4 is 9.47 Å². The van der Waals surface area contributed by atoms with Gasteiger partial charge in [-0.2, -0.15) is 13.2 Å². The number of methoxy groups -OCH3 is 2. The van der Waals surface area contributed by atoms with Gasteiger partial charge in [-0.1, -0.05) is 12.1 Å². The van der Waals surface area contributed by atoms with E-state index in [2.05, 4.69) is 9.64 Å². The Hall–Kier alpha value is -2.00. The topological polar surface area (TPSA) is 51.2 Å². The molecule has 0 aliphatic carbocycles. The molecule has 6 nitrogen and oxygen atoms in total. The third kappa shape index (κ3) is 7.74. The van der Waals surface area contributed by atoms with Crippen LogP contribution >= 0.6 is 0 Å². The molecule has 0 N–H and O–H groups in total. The lowest BCUT2D eigenvalue weighted by molar-refractivity contribution is -0.174. The fourth-order valence-corrected chi connectivity index (χ4v) is 3.35. The Kier molecular flexibility index (Phi) is 9.03. The van der Waals surface area contributed by atoms with Crippen molar-refractivity contribution in [3.63, 3.8) is 0 Å². The molecule has 0 radical (unpaired) electrons. The number of carbonyl (C=O) groups is 1. The lowest BCUT2D eigenvalue weighted by Gasteiger charge is -2.34. The van der Waals surface area contributed by atoms with E-state index in [1.165, 1.54) is 0 Å². The first-order valence-electron chi connectivity index (χ1n) is 9.68. The summed E-state index contributed by atoms with van der Waals surface area (Å²) in [6, 6.07) is 5.61. The molecule has 1 aliphatic rings. The van der Waals surface area contributed by atoms with Crippen molar-refractivity contribution in [2.24, 2.45) is 0 Å². The average Bonchev–Trinajstić information content (AvgIpc) is 2.70. The Balaban J connectivity index is 1.69. The van der Waals surface area contributed by atoms with Crippen LogP contribution in [0.4, 0.5) is 13.2 Å². The van der Waals surface area contributed by atoms with Crippen LogP contribution in [0.1, 0.15) is 18.4 Å². The number of nitrogens with zero attached hydrogens (tertiary/aromatic N) is 2. The van der Waals surface area contributed by atoms with Crippen molar-refractivity contribution >= 4 is 5.91 Å². The molecular formula is C20H29F3N2O4. The smallest absolute Gasteiger partial charge is 0.411 e. The highest BCUT2D eigenvalue weighted by atomic mass is 19.4. The summed E-state index contributed by atoms with van der Waals surface area (Å²) < 4.78 is 51.4. The lowest BCUT2D eigenvalue weighted by atomic mass is 10.1. The fraction of sp³-hybridized carbons (Fsp3) is 0.650. The molecule has 1 fully saturated rings. The molecule has 0 atom stereocenters. The maximum absolute atomic E-state index is 12.5. The van der Waals surface area contributed by atoms with Crippen LogP contribution in [0.3, 0.4) is 0 Å². The summed E-state index contributed by atoms with van der Waals surface area (Å²) in [6.07, 6.45) is -2.79. The van der Waals surface area contributed by atoms with Crippen molar-refractivity contribution < 1.29 is 32.2 Å². The second-order valence-electron chi connectivity index (χ2n) is 6.90. The summed E-state index contributed by atoms with van der Waals surface area (Å²) in [4.78, 5) is 16.5. The zero-order chi connectivity index (χ0) is 21.3. The molecular weight excluding hydrogens is 389 g/mol. The molecule has 2 rings (SSSR count). The minimum Gasteiger partial charge on any atom is -0.493 e. The lowest BCUT2D eigenvalue weighted by Crippen LogP contribution is -2.49. The van der Waals surface area contributed by atoms with Gasteiger partial charge in [-0.05, 0) is 24.5 Å². The van der Waals surface area contributed by atoms with Crippen molar-refractivity contribution in [1.82, 2.24) is 9.80 Å². The van der Waals surface area contributed by atoms with E-state index < -0.39 is 12.8 Å². The van der Waals surface area contributed by atoms with Gasteiger partial charge >= 0.3 is 6.18 Å². The normalized spacial score (nSPS) is 15.4. The number of hydrogen-bond donors (Lipinski definition) is 0. The van der Waals surface area contributed by atoms with Gasteiger partial charge in [0.25, 0.3) is 0 Å². The van der Waals surface area contributed by atoms with Crippen molar-refractivity contribution in [2.75, 3.05) is 60.2 Å². The fourth-order valence-electron chi connectivity index (χ4n) is 3.35. The second-order valence-corrected chi connectivity index (χ2v) is 6.90. The minimum atomic E-state index is -4.28. The summed E-state index contributed by atoms with van der Waals surface area (Å²) in [7, 11) is 3.16. The summed E-state index contributed by atoms with van der Waals surface area (Å²) in [5.74, 6) is 1.38. The second kappa shape index (κ2) is 11.3. The van der Waals surface area contributed by atoms with Gasteiger partial charge in [-0.25, -0.2) is 0 Å². The zero-order valence-electron chi connectivity index (χ0n) is 17.0. The molecule has 1 aromatic carbocycles. The summed E-state index contributed by atoms with van der Waals surface area (Å²) >= 11 is 0. The Bertz CT molecular complexity index is 647. The SMILES string of the molecule is COc1cccc(CCC(=O)N2CCN(CCCOCC(F)(F)F)CC2)c1OC. The average molecular weight is 418 g/mol. The monoisotopic (exact) mass is 418 g/mol. The van der Waals surface area contributed by atoms with Crippen LogP contribution in [0.2, 0.25) is 0 Å². The Labute approximate surface area is 169 Å². The highest BCUT2D eigenvalue weighted by Gasteiger charge is 2.27. The number of amides is 1. The minimum absolute atomic E-state index is 0.0844. The van der Waals surface area contributed by atoms with Crippen LogP contribution in [0, 0.1) is 0 Å². The van der Waals surface area contributed by atoms with Crippen molar-refractivity contribution in [2.45, 2.75) is 25.4 Å². The molecule has 0 unspecified atom stereocenters. The maximum atomic E-state index is 12.5. The third-order valence-electron chi connectivity index (χ3n) is 4.85. The van der Waals surface area contributed by atoms with E-state index in [4.69, 9.17) is 9.47 Å². The van der Waals surface area contributed by atoms with Crippen LogP contribution in [0.5, 0.6) is 11.5 Å². The molecule has 0 spiro atoms. The summed E-state index contributed by atoms with van der Waals surface area (Å²) in [6.45, 7) is 2.23. The van der Waals surface area contributed by atoms with Gasteiger partial charge in [0.1, 0.15) is 6.61 Å². The Morgan fingerprint density at radius 2 is 1.83 bits per heavy atom. The first-order chi connectivity index (χ1) is 13.8. The summed E-state index contributed by atoms with van der Waals surface area (Å²) in [5, 5.41) is 0. The summed E-state index contributed by atoms with van der Waals surface area (Å²) in [5.41, 5.74) is 0.928. The van der Waals surface area contributed by atoms with Gasteiger partial charge in [0.15, 0.2) is 11.5 Å². The van der Waals surface area contributed by atoms with E-state index in [1.54, 1.807) is 14.2 Å². The maximum Gasteiger partial charge on any atom is 0.411 e. The number of aryl methyl sites for hydroxylation is 1. The van der Waals surface area contributed by atoms with Gasteiger partial charge in [-0.15, -0.1) is 0 Å². The largest absolute Gasteiger partial charge is 0.493 e. The highest BCUT2D eigenvalue weighted by molar-refractivity contribution is 5.76. The number of ether oxygens (including phenoxy) is 3. The molecule has 9 heteroatoms. The molecule has 0 bridgehead atoms. The number of piperazine rings is 1. The van der Waals surface area contributed by atoms with Gasteiger partial charge < -0.3 is 19.1 Å². The highest BCUT2D eigenvalue weighted by Crippen LogP contribution is 2.31. The molecule has 1 heterocycles. The van der Waals surface area contributed by atoms with E-state index in [0.29, 0.717) is 63.5 Å². The van der Waals surface area contributed by atoms with Crippen molar-refractivity contribution in [1.29, 1.82) is 0 Å². The molecule has 1 aromatic rings. The van der Waals surface area contributed by atoms with Gasteiger partial charge in [0.05, 0.1) is 14.2 Å². The zero-order valence-corrected chi connectivity index (χ0v) is 17.0. The molecule has 164 valence electrons. The number of rotatable bonds is 10. The van der Waals surface area contributed by atoms with E-state index >= 15 is 0 Å². The van der Waals surface area contributed by atoms with Crippen LogP contribution in [0.25, 0.3) is 0 Å². The molecule has 29 heavy (non-hydrogen) atoms. The van der Waals surface area contributed by atoms with Gasteiger partial charge in [0, 0.05) is 45.8 Å². The first-order valence-corrected chi connectivity index (χ1v) is 9.68. The van der Waals surface area contributed by atoms with Crippen LogP contribution in [0.15, 0.2) is 18.2 Å². The predicted molar refractivity (Wildman–Crippen MR) is 102 cm³/mol. The van der Waals surface area contributed by atoms with Gasteiger partial charge in [-0.3, -0.25) is 9.69 Å². The molecule has 0 aromatic heterocycles. The van der Waals surface area contributed by atoms with E-state index in [1.807, 2.05) is 23.1 Å². The molecule has 1 amide bonds. The van der Waals surface area contributed by atoms with E-state index in [-0.39, 0.29) is 12.5 Å². The number of carbonyl (C=O) groups excluding carboxylic acids is 1. The Morgan fingerprint density at radius 3 is 2.45 bits per heavy atom. The molecule has 1 aliphatic heterocycles. The first kappa shape index (κ1) is 23.3. The number of para-hydroxylation sites is 1. The number of benzene rings is 1. The van der Waals surface area contributed by atoms with Crippen LogP contribution in [-0.4, -0.2) is 82.0 Å². The molecule has 0 saturated carbocycles. The number of hydrogen-bond acceptors (Lipinski definition) is 5. The number of halogens is 3. The quantitative estimate of drug-likeness (QED) is 0.547. The van der Waals surface area contributed by atoms with E-state index in [9.17, 15) is 18.0 Å². The Morgan fingerprint density at radius 1 is 1.10 bits per heavy atom. The van der Waals surface area contributed by atoms with Crippen molar-refractivity contribution in [3.8, 4) is 11.5 Å². The van der Waals surface area contributed by atoms with E-state index in [0.717, 1.165) is 5.56 Å². The third-order valence-corrected chi connectivity index (χ3v) is 4.85. The van der Waals surface area contributed by atoms with Crippen molar-refractivity contribution in [3.05, 3.63) is 23.8 Å². The number of alkyl halides is 3. The molecule has 1 saturated heterocycles. The van der Waals surface area contributed by atoms with Gasteiger partial charge in [0.2, 0.25) is 5.91 Å². The standard InChI is InChI=1S/C20H29F3N2O4/c1-27-17-6-3-5-16(19(17)28-2)7-8-18(26)25-12-10-24(11-13-25)9-4-14-29-15-20(21,22)23/h3,5-6H,4,7-15H2,1-2H3. The predicted octanol–water partition coefficient (Wildman–Crippen LogP) is 2.75.